The first kappa shape index (κ1) is 19.1. The second-order valence-electron chi connectivity index (χ2n) is 5.92. The number of carbonyl (C=O) groups excluding carboxylic acids is 1. The van der Waals surface area contributed by atoms with Gasteiger partial charge in [0.05, 0.1) is 27.8 Å². The van der Waals surface area contributed by atoms with Crippen LogP contribution in [0.1, 0.15) is 37.0 Å². The third-order valence-corrected chi connectivity index (χ3v) is 4.56. The molecule has 2 rings (SSSR count). The lowest BCUT2D eigenvalue weighted by molar-refractivity contribution is -0.384. The molecule has 9 nitrogen and oxygen atoms in total. The zero-order valence-electron chi connectivity index (χ0n) is 14.5. The fourth-order valence-corrected chi connectivity index (χ4v) is 2.54. The third-order valence-electron chi connectivity index (χ3n) is 4.56. The van der Waals surface area contributed by atoms with Crippen LogP contribution in [0.2, 0.25) is 0 Å². The number of hydrogen-bond acceptors (Lipinski definition) is 5. The van der Waals surface area contributed by atoms with Crippen molar-refractivity contribution < 1.29 is 19.6 Å². The quantitative estimate of drug-likeness (QED) is 0.549. The number of nitrogens with one attached hydrogen (secondary N) is 1. The highest BCUT2D eigenvalue weighted by molar-refractivity contribution is 5.94. The van der Waals surface area contributed by atoms with Gasteiger partial charge in [0.2, 0.25) is 0 Å². The SMILES string of the molecule is CCC(CC)(CNC(=O)c1cnn(-c2ccc([N+](=O)[O-])cc2)c1)C(=O)O. The molecule has 0 atom stereocenters. The summed E-state index contributed by atoms with van der Waals surface area (Å²) >= 11 is 0. The van der Waals surface area contributed by atoms with Crippen molar-refractivity contribution >= 4 is 17.6 Å². The lowest BCUT2D eigenvalue weighted by atomic mass is 9.82. The number of carbonyl (C=O) groups is 2. The Kier molecular flexibility index (Phi) is 5.71. The number of rotatable bonds is 8. The van der Waals surface area contributed by atoms with Crippen LogP contribution in [0.25, 0.3) is 5.69 Å². The highest BCUT2D eigenvalue weighted by atomic mass is 16.6. The first-order valence-corrected chi connectivity index (χ1v) is 8.14. The van der Waals surface area contributed by atoms with Crippen LogP contribution in [0.15, 0.2) is 36.7 Å². The number of nitro groups is 1. The minimum atomic E-state index is -0.996. The molecule has 0 unspecified atom stereocenters. The van der Waals surface area contributed by atoms with E-state index in [9.17, 15) is 24.8 Å². The maximum Gasteiger partial charge on any atom is 0.311 e. The zero-order chi connectivity index (χ0) is 19.3. The highest BCUT2D eigenvalue weighted by Gasteiger charge is 2.35. The van der Waals surface area contributed by atoms with E-state index in [2.05, 4.69) is 10.4 Å². The van der Waals surface area contributed by atoms with Crippen molar-refractivity contribution in [1.82, 2.24) is 15.1 Å². The second kappa shape index (κ2) is 7.77. The fraction of sp³-hybridized carbons (Fsp3) is 0.353. The van der Waals surface area contributed by atoms with Crippen molar-refractivity contribution in [3.63, 3.8) is 0 Å². The zero-order valence-corrected chi connectivity index (χ0v) is 14.5. The molecule has 2 aromatic rings. The van der Waals surface area contributed by atoms with Crippen LogP contribution in [-0.2, 0) is 4.79 Å². The van der Waals surface area contributed by atoms with Crippen molar-refractivity contribution in [2.75, 3.05) is 6.54 Å². The molecule has 0 bridgehead atoms. The van der Waals surface area contributed by atoms with Crippen molar-refractivity contribution in [3.8, 4) is 5.69 Å². The van der Waals surface area contributed by atoms with Crippen molar-refractivity contribution in [2.24, 2.45) is 5.41 Å². The molecule has 0 aliphatic heterocycles. The molecule has 0 aliphatic rings. The molecular weight excluding hydrogens is 340 g/mol. The number of amides is 1. The number of nitro benzene ring substituents is 1. The monoisotopic (exact) mass is 360 g/mol. The Labute approximate surface area is 149 Å². The summed E-state index contributed by atoms with van der Waals surface area (Å²) in [5.74, 6) is -1.37. The standard InChI is InChI=1S/C17H20N4O5/c1-3-17(4-2,16(23)24)11-18-15(22)12-9-19-20(10-12)13-5-7-14(8-6-13)21(25)26/h5-10H,3-4,11H2,1-2H3,(H,18,22)(H,23,24). The predicted octanol–water partition coefficient (Wildman–Crippen LogP) is 2.40. The Morgan fingerprint density at radius 1 is 1.27 bits per heavy atom. The number of carboxylic acid groups (broad SMARTS) is 1. The molecule has 1 heterocycles. The van der Waals surface area contributed by atoms with Gasteiger partial charge in [-0.15, -0.1) is 0 Å². The summed E-state index contributed by atoms with van der Waals surface area (Å²) in [7, 11) is 0. The van der Waals surface area contributed by atoms with Crippen LogP contribution in [0.3, 0.4) is 0 Å². The number of aliphatic carboxylic acids is 1. The highest BCUT2D eigenvalue weighted by Crippen LogP contribution is 2.25. The van der Waals surface area contributed by atoms with E-state index in [0.717, 1.165) is 0 Å². The molecule has 0 saturated heterocycles. The number of aromatic nitrogens is 2. The molecule has 0 fully saturated rings. The molecule has 1 amide bonds. The molecule has 0 saturated carbocycles. The third kappa shape index (κ3) is 3.88. The van der Waals surface area contributed by atoms with Gasteiger partial charge in [-0.05, 0) is 25.0 Å². The lowest BCUT2D eigenvalue weighted by Gasteiger charge is -2.26. The molecule has 0 radical (unpaired) electrons. The Hall–Kier alpha value is -3.23. The van der Waals surface area contributed by atoms with Gasteiger partial charge in [0.25, 0.3) is 11.6 Å². The second-order valence-corrected chi connectivity index (χ2v) is 5.92. The van der Waals surface area contributed by atoms with Crippen LogP contribution in [0.5, 0.6) is 0 Å². The molecular formula is C17H20N4O5. The van der Waals surface area contributed by atoms with Gasteiger partial charge in [-0.1, -0.05) is 13.8 Å². The number of hydrogen-bond donors (Lipinski definition) is 2. The first-order valence-electron chi connectivity index (χ1n) is 8.14. The van der Waals surface area contributed by atoms with E-state index in [0.29, 0.717) is 18.5 Å². The number of carboxylic acids is 1. The Bertz CT molecular complexity index is 809. The normalized spacial score (nSPS) is 11.2. The summed E-state index contributed by atoms with van der Waals surface area (Å²) in [5, 5.41) is 26.8. The number of nitrogens with zero attached hydrogens (tertiary/aromatic N) is 3. The largest absolute Gasteiger partial charge is 0.481 e. The van der Waals surface area contributed by atoms with Crippen LogP contribution in [-0.4, -0.2) is 38.2 Å². The maximum atomic E-state index is 12.3. The summed E-state index contributed by atoms with van der Waals surface area (Å²) in [5.41, 5.74) is -0.196. The van der Waals surface area contributed by atoms with E-state index in [-0.39, 0.29) is 17.8 Å². The average Bonchev–Trinajstić information content (AvgIpc) is 3.13. The van der Waals surface area contributed by atoms with Crippen molar-refractivity contribution in [1.29, 1.82) is 0 Å². The minimum absolute atomic E-state index is 0.0247. The van der Waals surface area contributed by atoms with Gasteiger partial charge in [0.1, 0.15) is 0 Å². The fourth-order valence-electron chi connectivity index (χ4n) is 2.54. The average molecular weight is 360 g/mol. The van der Waals surface area contributed by atoms with E-state index in [1.165, 1.54) is 41.3 Å². The maximum absolute atomic E-state index is 12.3. The van der Waals surface area contributed by atoms with Gasteiger partial charge in [-0.3, -0.25) is 19.7 Å². The summed E-state index contributed by atoms with van der Waals surface area (Å²) < 4.78 is 1.42. The molecule has 0 aliphatic carbocycles. The molecule has 26 heavy (non-hydrogen) atoms. The van der Waals surface area contributed by atoms with E-state index in [1.54, 1.807) is 13.8 Å². The number of non-ortho nitro benzene ring substituents is 1. The summed E-state index contributed by atoms with van der Waals surface area (Å²) in [6, 6.07) is 5.74. The lowest BCUT2D eigenvalue weighted by Crippen LogP contribution is -2.42. The van der Waals surface area contributed by atoms with Gasteiger partial charge >= 0.3 is 5.97 Å². The summed E-state index contributed by atoms with van der Waals surface area (Å²) in [4.78, 5) is 34.0. The summed E-state index contributed by atoms with van der Waals surface area (Å²) in [6.07, 6.45) is 3.65. The van der Waals surface area contributed by atoms with Gasteiger partial charge in [-0.2, -0.15) is 5.10 Å². The molecule has 9 heteroatoms. The Morgan fingerprint density at radius 3 is 2.38 bits per heavy atom. The van der Waals surface area contributed by atoms with Crippen molar-refractivity contribution in [2.45, 2.75) is 26.7 Å². The van der Waals surface area contributed by atoms with E-state index >= 15 is 0 Å². The van der Waals surface area contributed by atoms with Gasteiger partial charge < -0.3 is 10.4 Å². The summed E-state index contributed by atoms with van der Waals surface area (Å²) in [6.45, 7) is 3.57. The van der Waals surface area contributed by atoms with Crippen LogP contribution >= 0.6 is 0 Å². The van der Waals surface area contributed by atoms with Crippen LogP contribution < -0.4 is 5.32 Å². The number of benzene rings is 1. The Balaban J connectivity index is 2.10. The first-order chi connectivity index (χ1) is 12.3. The van der Waals surface area contributed by atoms with Gasteiger partial charge in [-0.25, -0.2) is 4.68 Å². The van der Waals surface area contributed by atoms with Gasteiger partial charge in [0.15, 0.2) is 0 Å². The minimum Gasteiger partial charge on any atom is -0.481 e. The van der Waals surface area contributed by atoms with Crippen molar-refractivity contribution in [3.05, 3.63) is 52.3 Å². The van der Waals surface area contributed by atoms with Crippen LogP contribution in [0.4, 0.5) is 5.69 Å². The van der Waals surface area contributed by atoms with Gasteiger partial charge in [0, 0.05) is 24.9 Å². The molecule has 2 N–H and O–H groups in total. The van der Waals surface area contributed by atoms with E-state index < -0.39 is 22.2 Å². The molecule has 0 spiro atoms. The van der Waals surface area contributed by atoms with E-state index in [4.69, 9.17) is 0 Å². The smallest absolute Gasteiger partial charge is 0.311 e. The Morgan fingerprint density at radius 2 is 1.88 bits per heavy atom. The topological polar surface area (TPSA) is 127 Å². The molecule has 138 valence electrons. The molecule has 1 aromatic carbocycles. The molecule has 1 aromatic heterocycles. The van der Waals surface area contributed by atoms with Crippen LogP contribution in [0, 0.1) is 15.5 Å². The predicted molar refractivity (Wildman–Crippen MR) is 93.2 cm³/mol. The van der Waals surface area contributed by atoms with E-state index in [1.807, 2.05) is 0 Å².